The van der Waals surface area contributed by atoms with Crippen molar-refractivity contribution < 1.29 is 57.1 Å². The minimum absolute atomic E-state index is 0.108. The fourth-order valence-corrected chi connectivity index (χ4v) is 4.25. The lowest BCUT2D eigenvalue weighted by atomic mass is 9.96. The molecule has 0 aliphatic carbocycles. The summed E-state index contributed by atoms with van der Waals surface area (Å²) in [5.41, 5.74) is 1.38. The zero-order valence-corrected chi connectivity index (χ0v) is 24.7. The van der Waals surface area contributed by atoms with Gasteiger partial charge < -0.3 is 33.2 Å². The van der Waals surface area contributed by atoms with E-state index in [1.807, 2.05) is 0 Å². The average Bonchev–Trinajstić information content (AvgIpc) is 2.94. The fourth-order valence-electron chi connectivity index (χ4n) is 4.25. The molecular weight excluding hydrogens is 552 g/mol. The number of carbonyl (C=O) groups excluding carboxylic acids is 5. The van der Waals surface area contributed by atoms with Crippen LogP contribution in [0.25, 0.3) is 0 Å². The first-order valence-electron chi connectivity index (χ1n) is 13.0. The van der Waals surface area contributed by atoms with E-state index in [0.29, 0.717) is 33.9 Å². The highest BCUT2D eigenvalue weighted by Crippen LogP contribution is 2.38. The van der Waals surface area contributed by atoms with Gasteiger partial charge in [0.05, 0.1) is 21.3 Å². The standard InChI is InChI=1S/C30H36O12/c1-17(31)39-16-27(41-19(3)33)30(42-20(4)34)24(40-18(2)32)12-11-21-9-8-10-22(13-21)28(35)23-14-25(36-5)29(38-7)26(15-23)37-6/h8-10,13-15,24,27,30H,11-12,16H2,1-7H3/t24-,27-,30+/m1/s1. The Morgan fingerprint density at radius 1 is 0.667 bits per heavy atom. The highest BCUT2D eigenvalue weighted by Gasteiger charge is 2.37. The van der Waals surface area contributed by atoms with Crippen molar-refractivity contribution in [3.8, 4) is 17.2 Å². The first-order chi connectivity index (χ1) is 19.9. The lowest BCUT2D eigenvalue weighted by Gasteiger charge is -2.31. The van der Waals surface area contributed by atoms with E-state index < -0.39 is 48.8 Å². The van der Waals surface area contributed by atoms with Crippen LogP contribution >= 0.6 is 0 Å². The summed E-state index contributed by atoms with van der Waals surface area (Å²) in [5.74, 6) is -2.06. The zero-order chi connectivity index (χ0) is 31.4. The molecule has 0 radical (unpaired) electrons. The average molecular weight is 589 g/mol. The first-order valence-corrected chi connectivity index (χ1v) is 13.0. The molecule has 2 aromatic carbocycles. The first kappa shape index (κ1) is 33.6. The van der Waals surface area contributed by atoms with Gasteiger partial charge in [0.15, 0.2) is 29.5 Å². The van der Waals surface area contributed by atoms with E-state index in [0.717, 1.165) is 13.8 Å². The van der Waals surface area contributed by atoms with E-state index in [4.69, 9.17) is 33.2 Å². The normalized spacial score (nSPS) is 12.6. The molecule has 12 heteroatoms. The SMILES string of the molecule is COc1cc(C(=O)c2cccc(CC[C@@H](OC(C)=O)[C@H](OC(C)=O)[C@@H](COC(C)=O)OC(C)=O)c2)cc(OC)c1OC. The van der Waals surface area contributed by atoms with Gasteiger partial charge in [-0.1, -0.05) is 18.2 Å². The third-order valence-electron chi connectivity index (χ3n) is 5.95. The van der Waals surface area contributed by atoms with Crippen molar-refractivity contribution in [3.05, 3.63) is 53.1 Å². The quantitative estimate of drug-likeness (QED) is 0.171. The summed E-state index contributed by atoms with van der Waals surface area (Å²) >= 11 is 0. The molecule has 0 amide bonds. The summed E-state index contributed by atoms with van der Waals surface area (Å²) in [6.07, 6.45) is -3.23. The largest absolute Gasteiger partial charge is 0.493 e. The Hall–Kier alpha value is -4.61. The third-order valence-corrected chi connectivity index (χ3v) is 5.95. The number of esters is 4. The summed E-state index contributed by atoms with van der Waals surface area (Å²) in [6.45, 7) is 4.21. The summed E-state index contributed by atoms with van der Waals surface area (Å²) in [4.78, 5) is 60.6. The number of aryl methyl sites for hydroxylation is 1. The minimum atomic E-state index is -1.28. The van der Waals surface area contributed by atoms with Crippen molar-refractivity contribution >= 4 is 29.7 Å². The van der Waals surface area contributed by atoms with Crippen molar-refractivity contribution in [2.24, 2.45) is 0 Å². The van der Waals surface area contributed by atoms with Gasteiger partial charge in [-0.15, -0.1) is 0 Å². The molecule has 12 nitrogen and oxygen atoms in total. The number of carbonyl (C=O) groups is 5. The maximum absolute atomic E-state index is 13.4. The number of hydrogen-bond donors (Lipinski definition) is 0. The number of benzene rings is 2. The van der Waals surface area contributed by atoms with Crippen molar-refractivity contribution in [2.45, 2.75) is 58.8 Å². The van der Waals surface area contributed by atoms with Crippen LogP contribution in [0.1, 0.15) is 55.6 Å². The van der Waals surface area contributed by atoms with Gasteiger partial charge in [0.2, 0.25) is 5.75 Å². The van der Waals surface area contributed by atoms with E-state index >= 15 is 0 Å². The van der Waals surface area contributed by atoms with Gasteiger partial charge in [-0.3, -0.25) is 24.0 Å². The number of rotatable bonds is 15. The van der Waals surface area contributed by atoms with E-state index in [-0.39, 0.29) is 18.6 Å². The van der Waals surface area contributed by atoms with Crippen LogP contribution in [0.5, 0.6) is 17.2 Å². The van der Waals surface area contributed by atoms with Crippen molar-refractivity contribution in [1.29, 1.82) is 0 Å². The van der Waals surface area contributed by atoms with Crippen molar-refractivity contribution in [1.82, 2.24) is 0 Å². The summed E-state index contributed by atoms with van der Waals surface area (Å²) in [5, 5.41) is 0. The molecule has 0 saturated heterocycles. The highest BCUT2D eigenvalue weighted by molar-refractivity contribution is 6.09. The number of methoxy groups -OCH3 is 3. The summed E-state index contributed by atoms with van der Waals surface area (Å²) in [7, 11) is 4.37. The molecule has 0 saturated carbocycles. The molecule has 0 aromatic heterocycles. The molecule has 0 bridgehead atoms. The molecule has 2 rings (SSSR count). The number of ether oxygens (including phenoxy) is 7. The van der Waals surface area contributed by atoms with Gasteiger partial charge in [0.25, 0.3) is 0 Å². The Morgan fingerprint density at radius 2 is 1.24 bits per heavy atom. The fraction of sp³-hybridized carbons (Fsp3) is 0.433. The second-order valence-corrected chi connectivity index (χ2v) is 9.15. The Bertz CT molecular complexity index is 1260. The second-order valence-electron chi connectivity index (χ2n) is 9.15. The lowest BCUT2D eigenvalue weighted by molar-refractivity contribution is -0.189. The van der Waals surface area contributed by atoms with Crippen molar-refractivity contribution in [3.63, 3.8) is 0 Å². The summed E-state index contributed by atoms with van der Waals surface area (Å²) < 4.78 is 37.2. The van der Waals surface area contributed by atoms with Crippen LogP contribution in [0.4, 0.5) is 0 Å². The maximum atomic E-state index is 13.4. The number of ketones is 1. The van der Waals surface area contributed by atoms with E-state index in [2.05, 4.69) is 0 Å². The number of hydrogen-bond acceptors (Lipinski definition) is 12. The van der Waals surface area contributed by atoms with E-state index in [1.54, 1.807) is 36.4 Å². The lowest BCUT2D eigenvalue weighted by Crippen LogP contribution is -2.47. The van der Waals surface area contributed by atoms with E-state index in [9.17, 15) is 24.0 Å². The molecule has 42 heavy (non-hydrogen) atoms. The Balaban J connectivity index is 2.37. The molecule has 2 aromatic rings. The predicted octanol–water partition coefficient (Wildman–Crippen LogP) is 3.23. The Morgan fingerprint density at radius 3 is 1.74 bits per heavy atom. The summed E-state index contributed by atoms with van der Waals surface area (Å²) in [6, 6.07) is 9.91. The van der Waals surface area contributed by atoms with Gasteiger partial charge >= 0.3 is 23.9 Å². The molecular formula is C30H36O12. The van der Waals surface area contributed by atoms with Gasteiger partial charge in [-0.2, -0.15) is 0 Å². The third kappa shape index (κ3) is 9.79. The van der Waals surface area contributed by atoms with Crippen LogP contribution < -0.4 is 14.2 Å². The molecule has 0 N–H and O–H groups in total. The van der Waals surface area contributed by atoms with Gasteiger partial charge in [0.1, 0.15) is 12.7 Å². The van der Waals surface area contributed by atoms with Crippen LogP contribution in [0.15, 0.2) is 36.4 Å². The van der Waals surface area contributed by atoms with E-state index in [1.165, 1.54) is 35.2 Å². The van der Waals surface area contributed by atoms with Crippen LogP contribution in [0.2, 0.25) is 0 Å². The van der Waals surface area contributed by atoms with Crippen LogP contribution in [0, 0.1) is 0 Å². The topological polar surface area (TPSA) is 150 Å². The molecule has 0 aliphatic rings. The minimum Gasteiger partial charge on any atom is -0.493 e. The Kier molecular flexibility index (Phi) is 12.8. The molecule has 228 valence electrons. The van der Waals surface area contributed by atoms with Crippen LogP contribution in [-0.4, -0.2) is 75.9 Å². The molecule has 0 unspecified atom stereocenters. The van der Waals surface area contributed by atoms with Crippen molar-refractivity contribution in [2.75, 3.05) is 27.9 Å². The van der Waals surface area contributed by atoms with Crippen LogP contribution in [0.3, 0.4) is 0 Å². The van der Waals surface area contributed by atoms with Gasteiger partial charge in [0, 0.05) is 38.8 Å². The maximum Gasteiger partial charge on any atom is 0.303 e. The van der Waals surface area contributed by atoms with Gasteiger partial charge in [-0.05, 0) is 36.6 Å². The predicted molar refractivity (Wildman–Crippen MR) is 148 cm³/mol. The smallest absolute Gasteiger partial charge is 0.303 e. The van der Waals surface area contributed by atoms with Gasteiger partial charge in [-0.25, -0.2) is 0 Å². The molecule has 0 spiro atoms. The zero-order valence-electron chi connectivity index (χ0n) is 24.7. The molecule has 0 fully saturated rings. The molecule has 3 atom stereocenters. The Labute approximate surface area is 244 Å². The molecule has 0 aliphatic heterocycles. The highest BCUT2D eigenvalue weighted by atomic mass is 16.6. The monoisotopic (exact) mass is 588 g/mol. The second kappa shape index (κ2) is 16.0. The van der Waals surface area contributed by atoms with Crippen LogP contribution in [-0.2, 0) is 44.5 Å². The molecule has 0 heterocycles.